The summed E-state index contributed by atoms with van der Waals surface area (Å²) in [6.07, 6.45) is 0. The summed E-state index contributed by atoms with van der Waals surface area (Å²) in [5.74, 6) is 0. The summed E-state index contributed by atoms with van der Waals surface area (Å²) in [7, 11) is 0. The summed E-state index contributed by atoms with van der Waals surface area (Å²) in [6, 6.07) is 63.2. The predicted molar refractivity (Wildman–Crippen MR) is 221 cm³/mol. The van der Waals surface area contributed by atoms with Gasteiger partial charge in [0.1, 0.15) is 0 Å². The van der Waals surface area contributed by atoms with Crippen LogP contribution in [0.3, 0.4) is 0 Å². The van der Waals surface area contributed by atoms with Crippen LogP contribution in [0.4, 0.5) is 0 Å². The lowest BCUT2D eigenvalue weighted by Gasteiger charge is -2.19. The Bertz CT molecular complexity index is 3080. The van der Waals surface area contributed by atoms with Gasteiger partial charge in [0.05, 0.1) is 0 Å². The molecule has 0 bridgehead atoms. The summed E-state index contributed by atoms with van der Waals surface area (Å²) < 4.78 is 5.40. The molecule has 2 heterocycles. The van der Waals surface area contributed by atoms with Crippen LogP contribution in [0.2, 0.25) is 0 Å². The topological polar surface area (TPSA) is 0 Å². The molecule has 11 rings (SSSR count). The van der Waals surface area contributed by atoms with Crippen LogP contribution in [0.5, 0.6) is 0 Å². The van der Waals surface area contributed by atoms with E-state index in [1.54, 1.807) is 0 Å². The SMILES string of the molecule is c1ccc(-c2c3ccccc3c(-c3cc(-c4ccc5sc6cc7sc8ccccc8c7cc6c5c4)cc4ccccc34)c3ccccc23)cc1. The maximum Gasteiger partial charge on any atom is 0.0369 e. The Morgan fingerprint density at radius 3 is 1.52 bits per heavy atom. The van der Waals surface area contributed by atoms with Gasteiger partial charge in [-0.15, -0.1) is 22.7 Å². The summed E-state index contributed by atoms with van der Waals surface area (Å²) in [4.78, 5) is 0. The molecule has 2 aromatic heterocycles. The highest BCUT2D eigenvalue weighted by Crippen LogP contribution is 2.47. The van der Waals surface area contributed by atoms with Crippen molar-refractivity contribution in [2.45, 2.75) is 0 Å². The van der Waals surface area contributed by atoms with Crippen molar-refractivity contribution in [2.24, 2.45) is 0 Å². The molecule has 0 unspecified atom stereocenters. The Balaban J connectivity index is 1.19. The number of benzene rings is 9. The smallest absolute Gasteiger partial charge is 0.0369 e. The maximum absolute atomic E-state index is 2.44. The zero-order valence-electron chi connectivity index (χ0n) is 27.0. The Labute approximate surface area is 297 Å². The molecule has 232 valence electrons. The van der Waals surface area contributed by atoms with E-state index in [-0.39, 0.29) is 0 Å². The van der Waals surface area contributed by atoms with Crippen molar-refractivity contribution >= 4 is 95.3 Å². The van der Waals surface area contributed by atoms with Crippen molar-refractivity contribution in [1.29, 1.82) is 0 Å². The first-order valence-electron chi connectivity index (χ1n) is 17.1. The molecule has 0 aliphatic heterocycles. The average molecular weight is 669 g/mol. The Hall–Kier alpha value is -5.80. The van der Waals surface area contributed by atoms with E-state index in [2.05, 4.69) is 170 Å². The largest absolute Gasteiger partial charge is 0.135 e. The quantitative estimate of drug-likeness (QED) is 0.164. The van der Waals surface area contributed by atoms with Gasteiger partial charge >= 0.3 is 0 Å². The second-order valence-corrected chi connectivity index (χ2v) is 15.4. The van der Waals surface area contributed by atoms with Gasteiger partial charge in [-0.25, -0.2) is 0 Å². The third-order valence-electron chi connectivity index (χ3n) is 10.4. The molecule has 9 aromatic carbocycles. The third-order valence-corrected chi connectivity index (χ3v) is 12.7. The number of rotatable bonds is 3. The zero-order chi connectivity index (χ0) is 32.8. The molecule has 0 saturated heterocycles. The van der Waals surface area contributed by atoms with Gasteiger partial charge in [-0.3, -0.25) is 0 Å². The minimum atomic E-state index is 1.24. The fourth-order valence-corrected chi connectivity index (χ4v) is 10.5. The van der Waals surface area contributed by atoms with E-state index < -0.39 is 0 Å². The monoisotopic (exact) mass is 668 g/mol. The minimum absolute atomic E-state index is 1.24. The van der Waals surface area contributed by atoms with E-state index in [9.17, 15) is 0 Å². The number of fused-ring (bicyclic) bond motifs is 9. The van der Waals surface area contributed by atoms with Crippen LogP contribution in [0.1, 0.15) is 0 Å². The summed E-state index contributed by atoms with van der Waals surface area (Å²) >= 11 is 3.80. The van der Waals surface area contributed by atoms with Crippen LogP contribution in [0.25, 0.3) is 106 Å². The highest BCUT2D eigenvalue weighted by molar-refractivity contribution is 7.28. The van der Waals surface area contributed by atoms with Gasteiger partial charge in [0, 0.05) is 40.3 Å². The van der Waals surface area contributed by atoms with Gasteiger partial charge in [0.15, 0.2) is 0 Å². The highest BCUT2D eigenvalue weighted by atomic mass is 32.1. The van der Waals surface area contributed by atoms with Gasteiger partial charge in [-0.05, 0) is 108 Å². The van der Waals surface area contributed by atoms with Gasteiger partial charge in [0.25, 0.3) is 0 Å². The zero-order valence-corrected chi connectivity index (χ0v) is 28.6. The van der Waals surface area contributed by atoms with Crippen LogP contribution >= 0.6 is 22.7 Å². The molecule has 0 nitrogen and oxygen atoms in total. The number of hydrogen-bond acceptors (Lipinski definition) is 2. The van der Waals surface area contributed by atoms with E-state index in [4.69, 9.17) is 0 Å². The first kappa shape index (κ1) is 28.1. The molecule has 0 saturated carbocycles. The molecule has 0 aliphatic carbocycles. The maximum atomic E-state index is 2.44. The molecule has 0 N–H and O–H groups in total. The van der Waals surface area contributed by atoms with Gasteiger partial charge < -0.3 is 0 Å². The Morgan fingerprint density at radius 1 is 0.260 bits per heavy atom. The lowest BCUT2D eigenvalue weighted by molar-refractivity contribution is 1.65. The van der Waals surface area contributed by atoms with Crippen LogP contribution in [-0.4, -0.2) is 0 Å². The van der Waals surface area contributed by atoms with Crippen molar-refractivity contribution < 1.29 is 0 Å². The van der Waals surface area contributed by atoms with Crippen molar-refractivity contribution in [3.05, 3.63) is 170 Å². The molecule has 2 heteroatoms. The normalized spacial score (nSPS) is 12.0. The van der Waals surface area contributed by atoms with Gasteiger partial charge in [-0.1, -0.05) is 127 Å². The van der Waals surface area contributed by atoms with Gasteiger partial charge in [0.2, 0.25) is 0 Å². The molecule has 0 atom stereocenters. The van der Waals surface area contributed by atoms with Crippen molar-refractivity contribution in [1.82, 2.24) is 0 Å². The Kier molecular flexibility index (Phi) is 6.09. The lowest BCUT2D eigenvalue weighted by atomic mass is 9.84. The van der Waals surface area contributed by atoms with Crippen LogP contribution in [0, 0.1) is 0 Å². The first-order chi connectivity index (χ1) is 24.8. The number of hydrogen-bond donors (Lipinski definition) is 0. The molecule has 0 aliphatic rings. The second-order valence-electron chi connectivity index (χ2n) is 13.2. The molecule has 0 fully saturated rings. The molecule has 0 amide bonds. The fourth-order valence-electron chi connectivity index (χ4n) is 8.19. The minimum Gasteiger partial charge on any atom is -0.135 e. The molecule has 0 radical (unpaired) electrons. The molecular weight excluding hydrogens is 641 g/mol. The van der Waals surface area contributed by atoms with Crippen molar-refractivity contribution in [3.63, 3.8) is 0 Å². The Morgan fingerprint density at radius 2 is 0.800 bits per heavy atom. The van der Waals surface area contributed by atoms with E-state index in [1.807, 2.05) is 22.7 Å². The summed E-state index contributed by atoms with van der Waals surface area (Å²) in [5, 5.41) is 13.0. The van der Waals surface area contributed by atoms with E-state index >= 15 is 0 Å². The summed E-state index contributed by atoms with van der Waals surface area (Å²) in [6.45, 7) is 0. The molecule has 11 aromatic rings. The first-order valence-corrected chi connectivity index (χ1v) is 18.7. The summed E-state index contributed by atoms with van der Waals surface area (Å²) in [5.41, 5.74) is 7.59. The third kappa shape index (κ3) is 4.16. The molecule has 0 spiro atoms. The highest BCUT2D eigenvalue weighted by Gasteiger charge is 2.19. The second kappa shape index (κ2) is 10.9. The lowest BCUT2D eigenvalue weighted by Crippen LogP contribution is -1.92. The van der Waals surface area contributed by atoms with Crippen molar-refractivity contribution in [2.75, 3.05) is 0 Å². The number of thiophene rings is 2. The van der Waals surface area contributed by atoms with Crippen LogP contribution in [0.15, 0.2) is 170 Å². The van der Waals surface area contributed by atoms with E-state index in [0.717, 1.165) is 0 Å². The van der Waals surface area contributed by atoms with Crippen molar-refractivity contribution in [3.8, 4) is 33.4 Å². The van der Waals surface area contributed by atoms with Crippen LogP contribution < -0.4 is 0 Å². The van der Waals surface area contributed by atoms with E-state index in [1.165, 1.54) is 106 Å². The van der Waals surface area contributed by atoms with Gasteiger partial charge in [-0.2, -0.15) is 0 Å². The molecular formula is C48H28S2. The van der Waals surface area contributed by atoms with E-state index in [0.29, 0.717) is 0 Å². The molecule has 50 heavy (non-hydrogen) atoms. The fraction of sp³-hybridized carbons (Fsp3) is 0. The standard InChI is InChI=1S/C48H28S2/c1-2-12-29(13-3-1)47-35-17-6-8-19-37(35)48(38-20-9-7-18-36(38)47)42-26-32(24-31-14-4-5-15-33(31)42)30-22-23-44-39(25-30)41-27-40-34-16-10-11-21-43(34)49-45(40)28-46(41)50-44/h1-28H. The average Bonchev–Trinajstić information content (AvgIpc) is 3.72. The predicted octanol–water partition coefficient (Wildman–Crippen LogP) is 14.9. The van der Waals surface area contributed by atoms with Crippen LogP contribution in [-0.2, 0) is 0 Å².